The number of methoxy groups -OCH3 is 2. The minimum absolute atomic E-state index is 0.534. The molecule has 1 aromatic rings. The Balaban J connectivity index is 2.95. The molecule has 0 bridgehead atoms. The number of hydrogen-bond donors (Lipinski definition) is 0. The summed E-state index contributed by atoms with van der Waals surface area (Å²) in [6.07, 6.45) is 3.37. The lowest BCUT2D eigenvalue weighted by Gasteiger charge is -2.25. The second-order valence-electron chi connectivity index (χ2n) is 4.19. The molecule has 0 aliphatic carbocycles. The van der Waals surface area contributed by atoms with Gasteiger partial charge in [0.2, 0.25) is 0 Å². The van der Waals surface area contributed by atoms with E-state index in [1.54, 1.807) is 14.2 Å². The largest absolute Gasteiger partial charge is 0.383 e. The van der Waals surface area contributed by atoms with Gasteiger partial charge in [-0.2, -0.15) is 0 Å². The van der Waals surface area contributed by atoms with E-state index >= 15 is 0 Å². The summed E-state index contributed by atoms with van der Waals surface area (Å²) in [5, 5.41) is 0.534. The summed E-state index contributed by atoms with van der Waals surface area (Å²) in [7, 11) is 3.38. The first-order valence-electron chi connectivity index (χ1n) is 6.46. The monoisotopic (exact) mass is 287 g/mol. The SMILES string of the molecule is CCCc1c(Cl)ncnc1N(CCOC)CCOC. The minimum atomic E-state index is 0.534. The molecule has 0 N–H and O–H groups in total. The van der Waals surface area contributed by atoms with Crippen molar-refractivity contribution < 1.29 is 9.47 Å². The Morgan fingerprint density at radius 2 is 1.79 bits per heavy atom. The molecular weight excluding hydrogens is 266 g/mol. The Labute approximate surface area is 119 Å². The summed E-state index contributed by atoms with van der Waals surface area (Å²) in [5.41, 5.74) is 0.999. The molecule has 5 nitrogen and oxygen atoms in total. The summed E-state index contributed by atoms with van der Waals surface area (Å²) in [4.78, 5) is 10.6. The zero-order chi connectivity index (χ0) is 14.1. The molecular formula is C13H22ClN3O2. The molecule has 0 spiro atoms. The zero-order valence-electron chi connectivity index (χ0n) is 11.9. The van der Waals surface area contributed by atoms with Crippen LogP contribution in [0.25, 0.3) is 0 Å². The van der Waals surface area contributed by atoms with E-state index in [0.29, 0.717) is 18.4 Å². The Kier molecular flexibility index (Phi) is 7.70. The fraction of sp³-hybridized carbons (Fsp3) is 0.692. The average Bonchev–Trinajstić information content (AvgIpc) is 2.42. The van der Waals surface area contributed by atoms with Gasteiger partial charge in [-0.25, -0.2) is 9.97 Å². The van der Waals surface area contributed by atoms with Gasteiger partial charge in [-0.3, -0.25) is 0 Å². The lowest BCUT2D eigenvalue weighted by molar-refractivity contribution is 0.190. The first kappa shape index (κ1) is 16.1. The van der Waals surface area contributed by atoms with Crippen molar-refractivity contribution in [1.82, 2.24) is 9.97 Å². The maximum Gasteiger partial charge on any atom is 0.137 e. The summed E-state index contributed by atoms with van der Waals surface area (Å²) >= 11 is 6.18. The Morgan fingerprint density at radius 1 is 1.16 bits per heavy atom. The normalized spacial score (nSPS) is 10.7. The topological polar surface area (TPSA) is 47.5 Å². The van der Waals surface area contributed by atoms with E-state index in [2.05, 4.69) is 21.8 Å². The molecule has 0 unspecified atom stereocenters. The summed E-state index contributed by atoms with van der Waals surface area (Å²) in [6.45, 7) is 4.89. The highest BCUT2D eigenvalue weighted by molar-refractivity contribution is 6.30. The second-order valence-corrected chi connectivity index (χ2v) is 4.55. The minimum Gasteiger partial charge on any atom is -0.383 e. The first-order valence-corrected chi connectivity index (χ1v) is 6.84. The lowest BCUT2D eigenvalue weighted by Crippen LogP contribution is -2.32. The number of anilines is 1. The van der Waals surface area contributed by atoms with Crippen LogP contribution < -0.4 is 4.90 Å². The molecule has 0 aliphatic rings. The van der Waals surface area contributed by atoms with Crippen LogP contribution in [0.15, 0.2) is 6.33 Å². The molecule has 1 aromatic heterocycles. The van der Waals surface area contributed by atoms with E-state index in [0.717, 1.165) is 37.3 Å². The van der Waals surface area contributed by atoms with Gasteiger partial charge in [0.15, 0.2) is 0 Å². The number of rotatable bonds is 9. The molecule has 0 fully saturated rings. The third kappa shape index (κ3) is 4.93. The van der Waals surface area contributed by atoms with E-state index in [9.17, 15) is 0 Å². The van der Waals surface area contributed by atoms with Crippen LogP contribution in [0.5, 0.6) is 0 Å². The second kappa shape index (κ2) is 9.07. The van der Waals surface area contributed by atoms with Crippen LogP contribution >= 0.6 is 11.6 Å². The van der Waals surface area contributed by atoms with Crippen LogP contribution in [0.1, 0.15) is 18.9 Å². The van der Waals surface area contributed by atoms with E-state index in [1.165, 1.54) is 6.33 Å². The third-order valence-electron chi connectivity index (χ3n) is 2.80. The van der Waals surface area contributed by atoms with E-state index in [-0.39, 0.29) is 0 Å². The van der Waals surface area contributed by atoms with E-state index < -0.39 is 0 Å². The maximum atomic E-state index is 6.18. The highest BCUT2D eigenvalue weighted by Crippen LogP contribution is 2.24. The molecule has 0 saturated carbocycles. The van der Waals surface area contributed by atoms with Crippen molar-refractivity contribution in [2.45, 2.75) is 19.8 Å². The van der Waals surface area contributed by atoms with E-state index in [1.807, 2.05) is 0 Å². The van der Waals surface area contributed by atoms with Crippen molar-refractivity contribution in [2.24, 2.45) is 0 Å². The van der Waals surface area contributed by atoms with Crippen molar-refractivity contribution in [3.8, 4) is 0 Å². The Morgan fingerprint density at radius 3 is 2.32 bits per heavy atom. The molecule has 0 amide bonds. The molecule has 19 heavy (non-hydrogen) atoms. The molecule has 0 atom stereocenters. The quantitative estimate of drug-likeness (QED) is 0.652. The third-order valence-corrected chi connectivity index (χ3v) is 3.13. The van der Waals surface area contributed by atoms with Crippen molar-refractivity contribution in [3.05, 3.63) is 17.0 Å². The first-order chi connectivity index (χ1) is 9.24. The molecule has 0 radical (unpaired) electrons. The van der Waals surface area contributed by atoms with Gasteiger partial charge in [0, 0.05) is 32.9 Å². The Hall–Kier alpha value is -0.910. The fourth-order valence-corrected chi connectivity index (χ4v) is 2.07. The lowest BCUT2D eigenvalue weighted by atomic mass is 10.1. The zero-order valence-corrected chi connectivity index (χ0v) is 12.6. The number of halogens is 1. The van der Waals surface area contributed by atoms with Crippen LogP contribution in [-0.2, 0) is 15.9 Å². The summed E-state index contributed by atoms with van der Waals surface area (Å²) < 4.78 is 10.3. The van der Waals surface area contributed by atoms with Crippen molar-refractivity contribution in [1.29, 1.82) is 0 Å². The van der Waals surface area contributed by atoms with Gasteiger partial charge in [-0.15, -0.1) is 0 Å². The van der Waals surface area contributed by atoms with Crippen LogP contribution in [0.2, 0.25) is 5.15 Å². The molecule has 108 valence electrons. The average molecular weight is 288 g/mol. The highest BCUT2D eigenvalue weighted by atomic mass is 35.5. The van der Waals surface area contributed by atoms with Crippen molar-refractivity contribution >= 4 is 17.4 Å². The molecule has 0 aliphatic heterocycles. The maximum absolute atomic E-state index is 6.18. The summed E-state index contributed by atoms with van der Waals surface area (Å²) in [6, 6.07) is 0. The fourth-order valence-electron chi connectivity index (χ4n) is 1.85. The van der Waals surface area contributed by atoms with Gasteiger partial charge in [-0.1, -0.05) is 24.9 Å². The van der Waals surface area contributed by atoms with Gasteiger partial charge >= 0.3 is 0 Å². The van der Waals surface area contributed by atoms with Crippen LogP contribution in [0.3, 0.4) is 0 Å². The standard InChI is InChI=1S/C13H22ClN3O2/c1-4-5-11-12(14)15-10-16-13(11)17(6-8-18-2)7-9-19-3/h10H,4-9H2,1-3H3. The summed E-state index contributed by atoms with van der Waals surface area (Å²) in [5.74, 6) is 0.885. The van der Waals surface area contributed by atoms with Crippen LogP contribution in [-0.4, -0.2) is 50.5 Å². The van der Waals surface area contributed by atoms with Gasteiger partial charge < -0.3 is 14.4 Å². The number of nitrogens with zero attached hydrogens (tertiary/aromatic N) is 3. The van der Waals surface area contributed by atoms with Crippen molar-refractivity contribution in [3.63, 3.8) is 0 Å². The molecule has 0 saturated heterocycles. The molecule has 0 aromatic carbocycles. The van der Waals surface area contributed by atoms with Gasteiger partial charge in [0.05, 0.1) is 13.2 Å². The molecule has 6 heteroatoms. The molecule has 1 heterocycles. The van der Waals surface area contributed by atoms with Gasteiger partial charge in [0.25, 0.3) is 0 Å². The van der Waals surface area contributed by atoms with Gasteiger partial charge in [0.1, 0.15) is 17.3 Å². The predicted molar refractivity (Wildman–Crippen MR) is 77.0 cm³/mol. The number of ether oxygens (including phenoxy) is 2. The smallest absolute Gasteiger partial charge is 0.137 e. The van der Waals surface area contributed by atoms with Gasteiger partial charge in [-0.05, 0) is 6.42 Å². The number of aromatic nitrogens is 2. The van der Waals surface area contributed by atoms with Crippen LogP contribution in [0, 0.1) is 0 Å². The molecule has 1 rings (SSSR count). The number of hydrogen-bond acceptors (Lipinski definition) is 5. The Bertz CT molecular complexity index is 369. The highest BCUT2D eigenvalue weighted by Gasteiger charge is 2.15. The van der Waals surface area contributed by atoms with E-state index in [4.69, 9.17) is 21.1 Å². The van der Waals surface area contributed by atoms with Crippen molar-refractivity contribution in [2.75, 3.05) is 45.4 Å². The van der Waals surface area contributed by atoms with Crippen LogP contribution in [0.4, 0.5) is 5.82 Å². The predicted octanol–water partition coefficient (Wildman–Crippen LogP) is 2.18.